The van der Waals surface area contributed by atoms with Gasteiger partial charge in [-0.1, -0.05) is 102 Å². The molecule has 4 fully saturated rings. The molecule has 3 saturated carbocycles. The Bertz CT molecular complexity index is 1870. The third-order valence-corrected chi connectivity index (χ3v) is 14.4. The normalized spacial score (nSPS) is 25.4. The number of likely N-dealkylation sites (N-methyl/N-ethyl adjacent to an activating group) is 1. The van der Waals surface area contributed by atoms with Crippen LogP contribution in [0.1, 0.15) is 89.5 Å². The van der Waals surface area contributed by atoms with Crippen LogP contribution in [0, 0.1) is 35.5 Å². The molecule has 0 radical (unpaired) electrons. The SMILES string of the molecule is Cc1ccc(Oc2ccccc2CN(Cc2cccc(CN3C(C(=O)N[C@H]4C[C@H]5C[C@@H]([C@@H]4C)C5(C)C)CCS3(=O)=O)c2)[C@H](CN(C)C)CC(C)(C)C)cc1. The summed E-state index contributed by atoms with van der Waals surface area (Å²) in [6, 6.07) is 24.4. The van der Waals surface area contributed by atoms with Gasteiger partial charge in [-0.2, -0.15) is 4.31 Å². The monoisotopic (exact) mass is 756 g/mol. The Morgan fingerprint density at radius 3 is 2.35 bits per heavy atom. The maximum absolute atomic E-state index is 13.8. The summed E-state index contributed by atoms with van der Waals surface area (Å²) in [5.74, 6) is 3.10. The van der Waals surface area contributed by atoms with Crippen LogP contribution in [0.2, 0.25) is 0 Å². The Hall–Kier alpha value is -3.24. The van der Waals surface area contributed by atoms with Gasteiger partial charge >= 0.3 is 0 Å². The number of amides is 1. The third kappa shape index (κ3) is 9.40. The van der Waals surface area contributed by atoms with Gasteiger partial charge in [0, 0.05) is 43.8 Å². The van der Waals surface area contributed by atoms with Gasteiger partial charge in [0.05, 0.1) is 5.75 Å². The quantitative estimate of drug-likeness (QED) is 0.179. The van der Waals surface area contributed by atoms with Crippen molar-refractivity contribution < 1.29 is 17.9 Å². The highest BCUT2D eigenvalue weighted by atomic mass is 32.2. The molecule has 3 aromatic carbocycles. The first-order valence-electron chi connectivity index (χ1n) is 20.0. The molecule has 2 bridgehead atoms. The molecule has 3 aromatic rings. The lowest BCUT2D eigenvalue weighted by molar-refractivity contribution is -0.136. The van der Waals surface area contributed by atoms with Gasteiger partial charge in [-0.05, 0) is 105 Å². The average Bonchev–Trinajstić information content (AvgIpc) is 3.39. The highest BCUT2D eigenvalue weighted by Gasteiger charge is 2.56. The number of benzene rings is 3. The molecule has 1 saturated heterocycles. The van der Waals surface area contributed by atoms with E-state index < -0.39 is 16.1 Å². The number of para-hydroxylation sites is 1. The average molecular weight is 757 g/mol. The second-order valence-electron chi connectivity index (χ2n) is 18.7. The van der Waals surface area contributed by atoms with Crippen LogP contribution in [-0.2, 0) is 34.5 Å². The number of carbonyl (C=O) groups excluding carboxylic acids is 1. The first-order valence-corrected chi connectivity index (χ1v) is 21.6. The van der Waals surface area contributed by atoms with Gasteiger partial charge in [0.15, 0.2) is 0 Å². The highest BCUT2D eigenvalue weighted by molar-refractivity contribution is 7.89. The van der Waals surface area contributed by atoms with Crippen molar-refractivity contribution >= 4 is 15.9 Å². The van der Waals surface area contributed by atoms with E-state index in [1.165, 1.54) is 16.3 Å². The Labute approximate surface area is 325 Å². The first-order chi connectivity index (χ1) is 25.4. The van der Waals surface area contributed by atoms with E-state index in [-0.39, 0.29) is 35.7 Å². The van der Waals surface area contributed by atoms with Crippen molar-refractivity contribution in [3.8, 4) is 11.5 Å². The summed E-state index contributed by atoms with van der Waals surface area (Å²) < 4.78 is 34.9. The summed E-state index contributed by atoms with van der Waals surface area (Å²) in [5, 5.41) is 3.33. The number of aryl methyl sites for hydroxylation is 1. The number of hydrogen-bond donors (Lipinski definition) is 1. The maximum atomic E-state index is 13.8. The van der Waals surface area contributed by atoms with Crippen molar-refractivity contribution in [3.05, 3.63) is 95.1 Å². The van der Waals surface area contributed by atoms with E-state index >= 15 is 0 Å². The minimum Gasteiger partial charge on any atom is -0.457 e. The number of sulfonamides is 1. The number of ether oxygens (including phenoxy) is 1. The smallest absolute Gasteiger partial charge is 0.238 e. The molecule has 4 aliphatic rings. The Kier molecular flexibility index (Phi) is 12.0. The fourth-order valence-electron chi connectivity index (χ4n) is 9.48. The second kappa shape index (κ2) is 16.1. The number of hydrogen-bond acceptors (Lipinski definition) is 6. The molecule has 3 aliphatic carbocycles. The van der Waals surface area contributed by atoms with Gasteiger partial charge in [-0.15, -0.1) is 0 Å². The summed E-state index contributed by atoms with van der Waals surface area (Å²) in [7, 11) is 0.690. The number of nitrogens with one attached hydrogen (secondary N) is 1. The van der Waals surface area contributed by atoms with Crippen LogP contribution in [0.4, 0.5) is 0 Å². The molecule has 1 heterocycles. The van der Waals surface area contributed by atoms with E-state index in [0.29, 0.717) is 42.7 Å². The van der Waals surface area contributed by atoms with Crippen molar-refractivity contribution in [3.63, 3.8) is 0 Å². The molecule has 54 heavy (non-hydrogen) atoms. The minimum atomic E-state index is -3.57. The van der Waals surface area contributed by atoms with Crippen molar-refractivity contribution in [2.24, 2.45) is 28.6 Å². The second-order valence-corrected chi connectivity index (χ2v) is 20.7. The standard InChI is InChI=1S/C45H64N4O4S/c1-31-17-19-38(20-18-31)53-42-16-11-10-15-35(42)29-48(37(30-47(8)9)26-44(3,4)5)27-33-13-12-14-34(23-33)28-49-41(21-22-54(49,51)52)43(50)46-40-25-36-24-39(32(40)2)45(36,6)7/h10-20,23,32,36-37,39-41H,21-22,24-30H2,1-9H3,(H,46,50)/t32-,36+,37-,39-,40-,41?/m0/s1. The highest BCUT2D eigenvalue weighted by Crippen LogP contribution is 2.61. The van der Waals surface area contributed by atoms with Gasteiger partial charge in [-0.3, -0.25) is 9.69 Å². The molecule has 1 unspecified atom stereocenters. The van der Waals surface area contributed by atoms with Crippen molar-refractivity contribution in [2.45, 2.75) is 112 Å². The summed E-state index contributed by atoms with van der Waals surface area (Å²) in [6.45, 7) is 18.4. The molecule has 1 amide bonds. The van der Waals surface area contributed by atoms with Crippen LogP contribution in [-0.4, -0.2) is 72.9 Å². The zero-order chi connectivity index (χ0) is 39.0. The fraction of sp³-hybridized carbons (Fsp3) is 0.578. The Balaban J connectivity index is 1.22. The molecule has 6 atom stereocenters. The third-order valence-electron chi connectivity index (χ3n) is 12.6. The number of fused-ring (bicyclic) bond motifs is 2. The predicted molar refractivity (Wildman–Crippen MR) is 219 cm³/mol. The van der Waals surface area contributed by atoms with Crippen molar-refractivity contribution in [2.75, 3.05) is 26.4 Å². The fourth-order valence-corrected chi connectivity index (χ4v) is 11.2. The van der Waals surface area contributed by atoms with Gasteiger partial charge in [0.2, 0.25) is 15.9 Å². The summed E-state index contributed by atoms with van der Waals surface area (Å²) in [4.78, 5) is 18.6. The van der Waals surface area contributed by atoms with Gasteiger partial charge in [-0.25, -0.2) is 8.42 Å². The largest absolute Gasteiger partial charge is 0.457 e. The Morgan fingerprint density at radius 2 is 1.69 bits per heavy atom. The van der Waals surface area contributed by atoms with E-state index in [0.717, 1.165) is 47.6 Å². The topological polar surface area (TPSA) is 82.2 Å². The molecule has 1 N–H and O–H groups in total. The molecular weight excluding hydrogens is 693 g/mol. The summed E-state index contributed by atoms with van der Waals surface area (Å²) in [6.07, 6.45) is 3.52. The molecule has 7 rings (SSSR count). The lowest BCUT2D eigenvalue weighted by Crippen LogP contribution is -2.61. The maximum Gasteiger partial charge on any atom is 0.238 e. The minimum absolute atomic E-state index is 0.000143. The zero-order valence-corrected chi connectivity index (χ0v) is 35.0. The number of carbonyl (C=O) groups is 1. The predicted octanol–water partition coefficient (Wildman–Crippen LogP) is 8.25. The first kappa shape index (κ1) is 40.4. The molecule has 8 nitrogen and oxygen atoms in total. The van der Waals surface area contributed by atoms with Crippen LogP contribution in [0.15, 0.2) is 72.8 Å². The van der Waals surface area contributed by atoms with Crippen LogP contribution in [0.3, 0.4) is 0 Å². The van der Waals surface area contributed by atoms with Gasteiger partial charge in [0.1, 0.15) is 17.5 Å². The van der Waals surface area contributed by atoms with E-state index in [1.54, 1.807) is 0 Å². The van der Waals surface area contributed by atoms with Crippen molar-refractivity contribution in [1.82, 2.24) is 19.4 Å². The van der Waals surface area contributed by atoms with Crippen LogP contribution >= 0.6 is 0 Å². The van der Waals surface area contributed by atoms with Crippen LogP contribution < -0.4 is 10.1 Å². The molecule has 0 spiro atoms. The molecule has 294 valence electrons. The van der Waals surface area contributed by atoms with Crippen LogP contribution in [0.5, 0.6) is 11.5 Å². The molecule has 1 aliphatic heterocycles. The molecule has 9 heteroatoms. The van der Waals surface area contributed by atoms with E-state index in [1.807, 2.05) is 36.4 Å². The van der Waals surface area contributed by atoms with Gasteiger partial charge in [0.25, 0.3) is 0 Å². The van der Waals surface area contributed by atoms with E-state index in [9.17, 15) is 13.2 Å². The lowest BCUT2D eigenvalue weighted by Gasteiger charge is -2.62. The van der Waals surface area contributed by atoms with Gasteiger partial charge < -0.3 is 15.0 Å². The molecule has 0 aromatic heterocycles. The van der Waals surface area contributed by atoms with Crippen molar-refractivity contribution in [1.29, 1.82) is 0 Å². The zero-order valence-electron chi connectivity index (χ0n) is 34.1. The summed E-state index contributed by atoms with van der Waals surface area (Å²) in [5.41, 5.74) is 4.72. The van der Waals surface area contributed by atoms with Crippen LogP contribution in [0.25, 0.3) is 0 Å². The number of rotatable bonds is 14. The number of nitrogens with zero attached hydrogens (tertiary/aromatic N) is 3. The van der Waals surface area contributed by atoms with E-state index in [4.69, 9.17) is 4.74 Å². The Morgan fingerprint density at radius 1 is 0.981 bits per heavy atom. The molecular formula is C45H64N4O4S. The van der Waals surface area contributed by atoms with E-state index in [2.05, 4.69) is 114 Å². The summed E-state index contributed by atoms with van der Waals surface area (Å²) >= 11 is 0. The lowest BCUT2D eigenvalue weighted by atomic mass is 9.45.